The first-order valence-electron chi connectivity index (χ1n) is 5.34. The monoisotopic (exact) mass is 238 g/mol. The van der Waals surface area contributed by atoms with E-state index in [-0.39, 0.29) is 5.75 Å². The second-order valence-corrected chi connectivity index (χ2v) is 3.69. The van der Waals surface area contributed by atoms with Crippen molar-refractivity contribution in [2.24, 2.45) is 0 Å². The number of rotatable bonds is 2. The Hall–Kier alpha value is -2.67. The molecule has 0 bridgehead atoms. The lowest BCUT2D eigenvalue weighted by Crippen LogP contribution is -2.09. The van der Waals surface area contributed by atoms with Gasteiger partial charge in [0.1, 0.15) is 11.8 Å². The number of nitriles is 1. The van der Waals surface area contributed by atoms with Gasteiger partial charge in [-0.25, -0.2) is 4.79 Å². The van der Waals surface area contributed by atoms with Crippen LogP contribution in [0.15, 0.2) is 42.6 Å². The van der Waals surface area contributed by atoms with Gasteiger partial charge in [0.25, 0.3) is 0 Å². The van der Waals surface area contributed by atoms with E-state index in [1.54, 1.807) is 36.4 Å². The van der Waals surface area contributed by atoms with Crippen LogP contribution in [0, 0.1) is 18.3 Å². The first-order chi connectivity index (χ1) is 8.70. The molecule has 1 aromatic heterocycles. The average Bonchev–Trinajstić information content (AvgIpc) is 2.40. The zero-order valence-electron chi connectivity index (χ0n) is 9.75. The Morgan fingerprint density at radius 3 is 2.72 bits per heavy atom. The van der Waals surface area contributed by atoms with E-state index in [0.29, 0.717) is 11.1 Å². The first kappa shape index (κ1) is 11.8. The summed E-state index contributed by atoms with van der Waals surface area (Å²) in [7, 11) is 0. The van der Waals surface area contributed by atoms with Crippen LogP contribution in [0.1, 0.15) is 21.6 Å². The maximum atomic E-state index is 11.8. The Kier molecular flexibility index (Phi) is 3.35. The summed E-state index contributed by atoms with van der Waals surface area (Å²) >= 11 is 0. The fourth-order valence-corrected chi connectivity index (χ4v) is 1.40. The van der Waals surface area contributed by atoms with Crippen molar-refractivity contribution < 1.29 is 9.53 Å². The van der Waals surface area contributed by atoms with Gasteiger partial charge >= 0.3 is 5.97 Å². The number of aromatic nitrogens is 1. The molecule has 0 aliphatic rings. The summed E-state index contributed by atoms with van der Waals surface area (Å²) < 4.78 is 5.16. The maximum Gasteiger partial charge on any atom is 0.345 e. The molecule has 0 fully saturated rings. The predicted octanol–water partition coefficient (Wildman–Crippen LogP) is 2.48. The summed E-state index contributed by atoms with van der Waals surface area (Å²) in [6.45, 7) is 1.83. The Bertz CT molecular complexity index is 612. The second kappa shape index (κ2) is 5.11. The van der Waals surface area contributed by atoms with Crippen molar-refractivity contribution in [3.05, 3.63) is 59.4 Å². The van der Waals surface area contributed by atoms with Crippen molar-refractivity contribution in [1.82, 2.24) is 4.98 Å². The third-order valence-electron chi connectivity index (χ3n) is 2.36. The van der Waals surface area contributed by atoms with Crippen LogP contribution in [0.2, 0.25) is 0 Å². The van der Waals surface area contributed by atoms with E-state index < -0.39 is 5.97 Å². The number of carbonyl (C=O) groups excluding carboxylic acids is 1. The summed E-state index contributed by atoms with van der Waals surface area (Å²) in [5, 5.41) is 8.88. The van der Waals surface area contributed by atoms with Gasteiger partial charge in [0.15, 0.2) is 0 Å². The quantitative estimate of drug-likeness (QED) is 0.595. The van der Waals surface area contributed by atoms with Gasteiger partial charge < -0.3 is 4.74 Å². The number of aryl methyl sites for hydroxylation is 1. The highest BCUT2D eigenvalue weighted by molar-refractivity contribution is 5.90. The molecule has 88 valence electrons. The molecule has 2 aromatic rings. The van der Waals surface area contributed by atoms with Crippen molar-refractivity contribution in [1.29, 1.82) is 5.26 Å². The van der Waals surface area contributed by atoms with Gasteiger partial charge in [-0.15, -0.1) is 0 Å². The van der Waals surface area contributed by atoms with Crippen molar-refractivity contribution in [3.8, 4) is 11.8 Å². The number of carbonyl (C=O) groups is 1. The lowest BCUT2D eigenvalue weighted by atomic mass is 10.2. The fraction of sp³-hybridized carbons (Fsp3) is 0.0714. The van der Waals surface area contributed by atoms with E-state index in [1.165, 1.54) is 6.20 Å². The highest BCUT2D eigenvalue weighted by Gasteiger charge is 2.11. The van der Waals surface area contributed by atoms with Crippen LogP contribution in [0.5, 0.6) is 5.75 Å². The molecule has 18 heavy (non-hydrogen) atoms. The molecule has 4 nitrogen and oxygen atoms in total. The number of benzene rings is 1. The molecular formula is C14H10N2O2. The summed E-state index contributed by atoms with van der Waals surface area (Å²) in [5.41, 5.74) is 1.50. The average molecular weight is 238 g/mol. The molecule has 0 aliphatic heterocycles. The molecule has 0 saturated carbocycles. The standard InChI is InChI=1S/C14H10N2O2/c1-10-6-7-12(9-16-10)14(17)18-13-5-3-2-4-11(13)8-15/h2-7,9H,1H3. The molecular weight excluding hydrogens is 228 g/mol. The Balaban J connectivity index is 2.22. The van der Waals surface area contributed by atoms with E-state index in [4.69, 9.17) is 10.00 Å². The van der Waals surface area contributed by atoms with E-state index in [0.717, 1.165) is 5.69 Å². The smallest absolute Gasteiger partial charge is 0.345 e. The molecule has 1 heterocycles. The Morgan fingerprint density at radius 2 is 2.06 bits per heavy atom. The van der Waals surface area contributed by atoms with E-state index in [9.17, 15) is 4.79 Å². The van der Waals surface area contributed by atoms with Crippen LogP contribution in [0.3, 0.4) is 0 Å². The summed E-state index contributed by atoms with van der Waals surface area (Å²) in [6.07, 6.45) is 1.45. The van der Waals surface area contributed by atoms with Gasteiger partial charge in [-0.1, -0.05) is 12.1 Å². The predicted molar refractivity (Wildman–Crippen MR) is 65.1 cm³/mol. The lowest BCUT2D eigenvalue weighted by molar-refractivity contribution is 0.0734. The largest absolute Gasteiger partial charge is 0.421 e. The third kappa shape index (κ3) is 2.53. The number of nitrogens with zero attached hydrogens (tertiary/aromatic N) is 2. The summed E-state index contributed by atoms with van der Waals surface area (Å²) in [6, 6.07) is 11.9. The minimum Gasteiger partial charge on any atom is -0.421 e. The number of ether oxygens (including phenoxy) is 1. The van der Waals surface area contributed by atoms with Crippen molar-refractivity contribution in [2.45, 2.75) is 6.92 Å². The Morgan fingerprint density at radius 1 is 1.28 bits per heavy atom. The fourth-order valence-electron chi connectivity index (χ4n) is 1.40. The molecule has 0 aliphatic carbocycles. The van der Waals surface area contributed by atoms with Crippen LogP contribution in [-0.4, -0.2) is 11.0 Å². The van der Waals surface area contributed by atoms with Gasteiger partial charge in [0.2, 0.25) is 0 Å². The number of hydrogen-bond donors (Lipinski definition) is 0. The van der Waals surface area contributed by atoms with Gasteiger partial charge in [-0.05, 0) is 31.2 Å². The third-order valence-corrected chi connectivity index (χ3v) is 2.36. The molecule has 0 atom stereocenters. The van der Waals surface area contributed by atoms with Gasteiger partial charge in [0, 0.05) is 11.9 Å². The van der Waals surface area contributed by atoms with Crippen molar-refractivity contribution in [2.75, 3.05) is 0 Å². The zero-order valence-corrected chi connectivity index (χ0v) is 9.75. The minimum absolute atomic E-state index is 0.255. The van der Waals surface area contributed by atoms with Crippen LogP contribution < -0.4 is 4.74 Å². The highest BCUT2D eigenvalue weighted by atomic mass is 16.5. The van der Waals surface area contributed by atoms with Crippen LogP contribution in [-0.2, 0) is 0 Å². The second-order valence-electron chi connectivity index (χ2n) is 3.69. The highest BCUT2D eigenvalue weighted by Crippen LogP contribution is 2.18. The zero-order chi connectivity index (χ0) is 13.0. The molecule has 0 radical (unpaired) electrons. The number of para-hydroxylation sites is 1. The van der Waals surface area contributed by atoms with Crippen molar-refractivity contribution >= 4 is 5.97 Å². The van der Waals surface area contributed by atoms with Gasteiger partial charge in [-0.3, -0.25) is 4.98 Å². The number of esters is 1. The lowest BCUT2D eigenvalue weighted by Gasteiger charge is -2.05. The molecule has 4 heteroatoms. The molecule has 0 spiro atoms. The van der Waals surface area contributed by atoms with Crippen LogP contribution in [0.25, 0.3) is 0 Å². The van der Waals surface area contributed by atoms with Crippen molar-refractivity contribution in [3.63, 3.8) is 0 Å². The normalized spacial score (nSPS) is 9.56. The van der Waals surface area contributed by atoms with E-state index >= 15 is 0 Å². The molecule has 0 N–H and O–H groups in total. The van der Waals surface area contributed by atoms with Gasteiger partial charge in [0.05, 0.1) is 11.1 Å². The Labute approximate surface area is 104 Å². The van der Waals surface area contributed by atoms with Gasteiger partial charge in [-0.2, -0.15) is 5.26 Å². The number of pyridine rings is 1. The molecule has 1 aromatic carbocycles. The number of hydrogen-bond acceptors (Lipinski definition) is 4. The van der Waals surface area contributed by atoms with Crippen LogP contribution in [0.4, 0.5) is 0 Å². The molecule has 0 amide bonds. The SMILES string of the molecule is Cc1ccc(C(=O)Oc2ccccc2C#N)cn1. The van der Waals surface area contributed by atoms with E-state index in [1.807, 2.05) is 13.0 Å². The maximum absolute atomic E-state index is 11.8. The summed E-state index contributed by atoms with van der Waals surface area (Å²) in [4.78, 5) is 15.8. The molecule has 0 unspecified atom stereocenters. The molecule has 0 saturated heterocycles. The first-order valence-corrected chi connectivity index (χ1v) is 5.34. The minimum atomic E-state index is -0.523. The van der Waals surface area contributed by atoms with Crippen LogP contribution >= 0.6 is 0 Å². The molecule has 2 rings (SSSR count). The topological polar surface area (TPSA) is 63.0 Å². The van der Waals surface area contributed by atoms with E-state index in [2.05, 4.69) is 4.98 Å². The summed E-state index contributed by atoms with van der Waals surface area (Å²) in [5.74, 6) is -0.268.